The minimum Gasteiger partial charge on any atom is -0.504 e. The lowest BCUT2D eigenvalue weighted by Crippen LogP contribution is -2.16. The first kappa shape index (κ1) is 12.7. The van der Waals surface area contributed by atoms with Crippen molar-refractivity contribution in [1.29, 1.82) is 0 Å². The molecule has 1 unspecified atom stereocenters. The second-order valence-corrected chi connectivity index (χ2v) is 5.24. The third-order valence-electron chi connectivity index (χ3n) is 1.83. The van der Waals surface area contributed by atoms with Gasteiger partial charge in [0.2, 0.25) is 3.79 Å². The van der Waals surface area contributed by atoms with Crippen molar-refractivity contribution in [3.05, 3.63) is 23.8 Å². The summed E-state index contributed by atoms with van der Waals surface area (Å²) in [4.78, 5) is 0. The largest absolute Gasteiger partial charge is 0.504 e. The molecular weight excluding hydrogens is 262 g/mol. The zero-order valence-corrected chi connectivity index (χ0v) is 10.0. The predicted molar refractivity (Wildman–Crippen MR) is 59.9 cm³/mol. The van der Waals surface area contributed by atoms with Gasteiger partial charge in [-0.25, -0.2) is 0 Å². The minimum absolute atomic E-state index is 0.122. The number of aliphatic hydroxyl groups excluding tert-OH is 1. The van der Waals surface area contributed by atoms with Crippen molar-refractivity contribution in [3.8, 4) is 11.5 Å². The molecule has 0 heterocycles. The zero-order chi connectivity index (χ0) is 11.6. The molecule has 2 N–H and O–H groups in total. The fourth-order valence-electron chi connectivity index (χ4n) is 1.07. The van der Waals surface area contributed by atoms with Gasteiger partial charge in [-0.2, -0.15) is 0 Å². The number of benzene rings is 1. The standard InChI is InChI=1S/C9H9Cl3O3/c1-15-7-3-2-5(4-6(7)13)8(14)9(10,11)12/h2-4,8,13-14H,1H3. The van der Waals surface area contributed by atoms with Gasteiger partial charge in [0.1, 0.15) is 6.10 Å². The molecule has 0 aromatic heterocycles. The molecule has 0 spiro atoms. The van der Waals surface area contributed by atoms with Gasteiger partial charge in [-0.15, -0.1) is 0 Å². The normalized spacial score (nSPS) is 13.7. The second-order valence-electron chi connectivity index (χ2n) is 2.88. The van der Waals surface area contributed by atoms with E-state index in [4.69, 9.17) is 39.5 Å². The molecule has 15 heavy (non-hydrogen) atoms. The number of aliphatic hydroxyl groups is 1. The molecule has 1 aromatic rings. The van der Waals surface area contributed by atoms with E-state index in [2.05, 4.69) is 0 Å². The van der Waals surface area contributed by atoms with Gasteiger partial charge in [0, 0.05) is 0 Å². The summed E-state index contributed by atoms with van der Waals surface area (Å²) in [7, 11) is 1.42. The Kier molecular flexibility index (Phi) is 3.95. The first-order valence-corrected chi connectivity index (χ1v) is 5.11. The van der Waals surface area contributed by atoms with Gasteiger partial charge in [-0.3, -0.25) is 0 Å². The molecule has 0 aliphatic heterocycles. The molecule has 1 rings (SSSR count). The van der Waals surface area contributed by atoms with E-state index in [-0.39, 0.29) is 11.5 Å². The van der Waals surface area contributed by atoms with Crippen molar-refractivity contribution >= 4 is 34.8 Å². The molecule has 1 aromatic carbocycles. The summed E-state index contributed by atoms with van der Waals surface area (Å²) in [6, 6.07) is 4.26. The lowest BCUT2D eigenvalue weighted by atomic mass is 10.1. The van der Waals surface area contributed by atoms with Crippen molar-refractivity contribution in [2.45, 2.75) is 9.90 Å². The zero-order valence-electron chi connectivity index (χ0n) is 7.75. The van der Waals surface area contributed by atoms with Crippen LogP contribution in [-0.2, 0) is 0 Å². The van der Waals surface area contributed by atoms with Crippen molar-refractivity contribution in [2.75, 3.05) is 7.11 Å². The van der Waals surface area contributed by atoms with E-state index in [0.717, 1.165) is 0 Å². The van der Waals surface area contributed by atoms with Crippen LogP contribution in [0.3, 0.4) is 0 Å². The van der Waals surface area contributed by atoms with Crippen LogP contribution in [0, 0.1) is 0 Å². The molecule has 3 nitrogen and oxygen atoms in total. The maximum Gasteiger partial charge on any atom is 0.220 e. The molecule has 0 amide bonds. The quantitative estimate of drug-likeness (QED) is 0.813. The van der Waals surface area contributed by atoms with Crippen LogP contribution in [0.4, 0.5) is 0 Å². The first-order chi connectivity index (χ1) is 6.86. The van der Waals surface area contributed by atoms with Gasteiger partial charge in [0.15, 0.2) is 11.5 Å². The summed E-state index contributed by atoms with van der Waals surface area (Å²) in [5.74, 6) is 0.165. The van der Waals surface area contributed by atoms with Crippen LogP contribution in [0.5, 0.6) is 11.5 Å². The van der Waals surface area contributed by atoms with Gasteiger partial charge < -0.3 is 14.9 Å². The first-order valence-electron chi connectivity index (χ1n) is 3.98. The van der Waals surface area contributed by atoms with Gasteiger partial charge >= 0.3 is 0 Å². The highest BCUT2D eigenvalue weighted by atomic mass is 35.6. The van der Waals surface area contributed by atoms with Crippen LogP contribution in [0.15, 0.2) is 18.2 Å². The molecule has 0 radical (unpaired) electrons. The Labute approximate surface area is 102 Å². The minimum atomic E-state index is -1.83. The van der Waals surface area contributed by atoms with Crippen LogP contribution in [0.1, 0.15) is 11.7 Å². The van der Waals surface area contributed by atoms with E-state index in [9.17, 15) is 10.2 Å². The third kappa shape index (κ3) is 3.05. The smallest absolute Gasteiger partial charge is 0.220 e. The highest BCUT2D eigenvalue weighted by molar-refractivity contribution is 6.68. The monoisotopic (exact) mass is 270 g/mol. The van der Waals surface area contributed by atoms with E-state index < -0.39 is 9.90 Å². The predicted octanol–water partition coefficient (Wildman–Crippen LogP) is 2.80. The maximum absolute atomic E-state index is 9.60. The molecule has 0 bridgehead atoms. The summed E-state index contributed by atoms with van der Waals surface area (Å²) in [6.45, 7) is 0. The number of phenols is 1. The number of ether oxygens (including phenoxy) is 1. The number of rotatable bonds is 2. The van der Waals surface area contributed by atoms with Crippen molar-refractivity contribution in [1.82, 2.24) is 0 Å². The average molecular weight is 272 g/mol. The number of aromatic hydroxyl groups is 1. The number of hydrogen-bond donors (Lipinski definition) is 2. The van der Waals surface area contributed by atoms with E-state index in [1.54, 1.807) is 0 Å². The molecule has 0 fully saturated rings. The number of halogens is 3. The lowest BCUT2D eigenvalue weighted by Gasteiger charge is -2.19. The maximum atomic E-state index is 9.60. The van der Waals surface area contributed by atoms with Crippen molar-refractivity contribution in [3.63, 3.8) is 0 Å². The summed E-state index contributed by atoms with van der Waals surface area (Å²) >= 11 is 16.5. The fourth-order valence-corrected chi connectivity index (χ4v) is 1.44. The molecule has 0 aliphatic rings. The Bertz CT molecular complexity index is 349. The molecule has 1 atom stereocenters. The Morgan fingerprint density at radius 1 is 1.33 bits per heavy atom. The summed E-state index contributed by atoms with van der Waals surface area (Å²) in [5, 5.41) is 19.0. The second kappa shape index (κ2) is 4.66. The van der Waals surface area contributed by atoms with E-state index in [0.29, 0.717) is 5.56 Å². The van der Waals surface area contributed by atoms with Crippen molar-refractivity contribution < 1.29 is 14.9 Å². The number of phenolic OH excluding ortho intramolecular Hbond substituents is 1. The average Bonchev–Trinajstić information content (AvgIpc) is 2.15. The topological polar surface area (TPSA) is 49.7 Å². The molecule has 6 heteroatoms. The summed E-state index contributed by atoms with van der Waals surface area (Å²) in [5.41, 5.74) is 0.299. The highest BCUT2D eigenvalue weighted by Gasteiger charge is 2.32. The number of hydrogen-bond acceptors (Lipinski definition) is 3. The van der Waals surface area contributed by atoms with Gasteiger partial charge in [-0.05, 0) is 17.7 Å². The molecule has 0 saturated heterocycles. The SMILES string of the molecule is COc1ccc(C(O)C(Cl)(Cl)Cl)cc1O. The van der Waals surface area contributed by atoms with Gasteiger partial charge in [-0.1, -0.05) is 40.9 Å². The van der Waals surface area contributed by atoms with E-state index in [1.165, 1.54) is 25.3 Å². The third-order valence-corrected chi connectivity index (χ3v) is 2.45. The van der Waals surface area contributed by atoms with Crippen LogP contribution >= 0.6 is 34.8 Å². The highest BCUT2D eigenvalue weighted by Crippen LogP contribution is 2.41. The molecular formula is C9H9Cl3O3. The van der Waals surface area contributed by atoms with Crippen LogP contribution in [0.25, 0.3) is 0 Å². The van der Waals surface area contributed by atoms with Gasteiger partial charge in [0.25, 0.3) is 0 Å². The Morgan fingerprint density at radius 2 is 1.93 bits per heavy atom. The lowest BCUT2D eigenvalue weighted by molar-refractivity contribution is 0.182. The van der Waals surface area contributed by atoms with Crippen LogP contribution in [-0.4, -0.2) is 21.1 Å². The Hall–Kier alpha value is -0.350. The molecule has 84 valence electrons. The summed E-state index contributed by atoms with van der Waals surface area (Å²) < 4.78 is 3.00. The van der Waals surface area contributed by atoms with E-state index >= 15 is 0 Å². The summed E-state index contributed by atoms with van der Waals surface area (Å²) in [6.07, 6.45) is -1.31. The fraction of sp³-hybridized carbons (Fsp3) is 0.333. The van der Waals surface area contributed by atoms with Crippen molar-refractivity contribution in [2.24, 2.45) is 0 Å². The number of methoxy groups -OCH3 is 1. The van der Waals surface area contributed by atoms with Crippen LogP contribution < -0.4 is 4.74 Å². The Morgan fingerprint density at radius 3 is 2.33 bits per heavy atom. The van der Waals surface area contributed by atoms with Crippen LogP contribution in [0.2, 0.25) is 0 Å². The molecule has 0 aliphatic carbocycles. The number of alkyl halides is 3. The Balaban J connectivity index is 3.02. The molecule has 0 saturated carbocycles. The van der Waals surface area contributed by atoms with E-state index in [1.807, 2.05) is 0 Å². The van der Waals surface area contributed by atoms with Gasteiger partial charge in [0.05, 0.1) is 7.11 Å².